The van der Waals surface area contributed by atoms with Crippen molar-refractivity contribution >= 4 is 40.8 Å². The molecule has 9 heteroatoms. The molecule has 0 saturated carbocycles. The van der Waals surface area contributed by atoms with E-state index in [1.165, 1.54) is 19.4 Å². The van der Waals surface area contributed by atoms with Crippen molar-refractivity contribution in [1.82, 2.24) is 0 Å². The Morgan fingerprint density at radius 1 is 1.28 bits per heavy atom. The Kier molecular flexibility index (Phi) is 6.44. The van der Waals surface area contributed by atoms with Crippen LogP contribution in [0.2, 0.25) is 10.0 Å². The second-order valence-corrected chi connectivity index (χ2v) is 5.57. The van der Waals surface area contributed by atoms with Gasteiger partial charge < -0.3 is 9.47 Å². The highest BCUT2D eigenvalue weighted by Crippen LogP contribution is 2.37. The number of halogens is 2. The quantitative estimate of drug-likeness (QED) is 0.423. The molecule has 0 bridgehead atoms. The summed E-state index contributed by atoms with van der Waals surface area (Å²) in [5.74, 6) is 0.344. The number of hydrazone groups is 1. The molecule has 0 saturated heterocycles. The van der Waals surface area contributed by atoms with E-state index in [9.17, 15) is 10.1 Å². The molecule has 132 valence electrons. The van der Waals surface area contributed by atoms with Crippen LogP contribution in [-0.2, 0) is 0 Å². The molecule has 2 rings (SSSR count). The van der Waals surface area contributed by atoms with Crippen molar-refractivity contribution in [2.75, 3.05) is 19.1 Å². The van der Waals surface area contributed by atoms with Crippen LogP contribution in [0, 0.1) is 10.1 Å². The zero-order valence-corrected chi connectivity index (χ0v) is 15.0. The fourth-order valence-electron chi connectivity index (χ4n) is 2.03. The van der Waals surface area contributed by atoms with Gasteiger partial charge in [0.15, 0.2) is 5.75 Å². The number of methoxy groups -OCH3 is 1. The molecule has 0 aliphatic carbocycles. The predicted octanol–water partition coefficient (Wildman–Crippen LogP) is 4.75. The van der Waals surface area contributed by atoms with E-state index in [0.29, 0.717) is 27.9 Å². The van der Waals surface area contributed by atoms with Gasteiger partial charge in [-0.3, -0.25) is 15.5 Å². The third-order valence-corrected chi connectivity index (χ3v) is 3.82. The van der Waals surface area contributed by atoms with Gasteiger partial charge in [-0.2, -0.15) is 5.10 Å². The number of anilines is 1. The molecule has 0 amide bonds. The van der Waals surface area contributed by atoms with E-state index < -0.39 is 4.92 Å². The van der Waals surface area contributed by atoms with Crippen molar-refractivity contribution in [3.63, 3.8) is 0 Å². The maximum atomic E-state index is 11.2. The Bertz CT molecular complexity index is 812. The molecule has 2 aromatic rings. The van der Waals surface area contributed by atoms with E-state index in [1.54, 1.807) is 31.2 Å². The van der Waals surface area contributed by atoms with Crippen LogP contribution in [-0.4, -0.2) is 24.9 Å². The smallest absolute Gasteiger partial charge is 0.315 e. The van der Waals surface area contributed by atoms with Gasteiger partial charge >= 0.3 is 5.69 Å². The molecule has 0 unspecified atom stereocenters. The highest BCUT2D eigenvalue weighted by Gasteiger charge is 2.21. The van der Waals surface area contributed by atoms with Gasteiger partial charge in [0.1, 0.15) is 0 Å². The highest BCUT2D eigenvalue weighted by molar-refractivity contribution is 6.42. The van der Waals surface area contributed by atoms with Crippen molar-refractivity contribution < 1.29 is 14.4 Å². The first kappa shape index (κ1) is 18.8. The number of nitrogens with zero attached hydrogens (tertiary/aromatic N) is 2. The van der Waals surface area contributed by atoms with Crippen molar-refractivity contribution in [2.45, 2.75) is 6.92 Å². The maximum absolute atomic E-state index is 11.2. The minimum Gasteiger partial charge on any atom is -0.490 e. The van der Waals surface area contributed by atoms with Gasteiger partial charge in [0.05, 0.1) is 40.6 Å². The Balaban J connectivity index is 2.28. The van der Waals surface area contributed by atoms with Crippen molar-refractivity contribution in [3.8, 4) is 11.5 Å². The number of ether oxygens (including phenoxy) is 2. The zero-order chi connectivity index (χ0) is 18.4. The fraction of sp³-hybridized carbons (Fsp3) is 0.188. The van der Waals surface area contributed by atoms with E-state index in [0.717, 1.165) is 0 Å². The molecule has 0 aromatic heterocycles. The molecule has 25 heavy (non-hydrogen) atoms. The van der Waals surface area contributed by atoms with Gasteiger partial charge in [-0.05, 0) is 31.2 Å². The zero-order valence-electron chi connectivity index (χ0n) is 13.5. The maximum Gasteiger partial charge on any atom is 0.315 e. The first-order valence-corrected chi connectivity index (χ1v) is 7.95. The van der Waals surface area contributed by atoms with Crippen molar-refractivity contribution in [1.29, 1.82) is 0 Å². The lowest BCUT2D eigenvalue weighted by atomic mass is 10.2. The second kappa shape index (κ2) is 8.55. The van der Waals surface area contributed by atoms with Gasteiger partial charge in [0.25, 0.3) is 0 Å². The molecule has 0 heterocycles. The van der Waals surface area contributed by atoms with Crippen molar-refractivity contribution in [2.24, 2.45) is 5.10 Å². The number of benzene rings is 2. The summed E-state index contributed by atoms with van der Waals surface area (Å²) in [6, 6.07) is 7.90. The summed E-state index contributed by atoms with van der Waals surface area (Å²) in [6.45, 7) is 2.12. The molecule has 0 atom stereocenters. The lowest BCUT2D eigenvalue weighted by Gasteiger charge is -2.10. The van der Waals surface area contributed by atoms with Gasteiger partial charge in [-0.1, -0.05) is 23.2 Å². The van der Waals surface area contributed by atoms with Crippen LogP contribution in [0.4, 0.5) is 11.4 Å². The third-order valence-electron chi connectivity index (χ3n) is 3.09. The number of nitrogens with one attached hydrogen (secondary N) is 1. The molecular formula is C16H15Cl2N3O4. The Morgan fingerprint density at radius 2 is 2.04 bits per heavy atom. The molecule has 2 aromatic carbocycles. The average Bonchev–Trinajstić information content (AvgIpc) is 2.58. The third kappa shape index (κ3) is 4.74. The van der Waals surface area contributed by atoms with Gasteiger partial charge in [-0.15, -0.1) is 0 Å². The number of rotatable bonds is 7. The average molecular weight is 384 g/mol. The standard InChI is InChI=1S/C16H15Cl2N3O4/c1-3-25-15-7-10(6-14(21(22)23)16(15)24-2)9-19-20-11-4-5-12(17)13(18)8-11/h4-9,20H,3H2,1-2H3. The summed E-state index contributed by atoms with van der Waals surface area (Å²) in [4.78, 5) is 10.7. The van der Waals surface area contributed by atoms with Gasteiger partial charge in [-0.25, -0.2) is 0 Å². The molecule has 7 nitrogen and oxygen atoms in total. The second-order valence-electron chi connectivity index (χ2n) is 4.76. The Morgan fingerprint density at radius 3 is 2.64 bits per heavy atom. The van der Waals surface area contributed by atoms with Crippen LogP contribution in [0.1, 0.15) is 12.5 Å². The molecule has 0 radical (unpaired) electrons. The number of nitro benzene ring substituents is 1. The van der Waals surface area contributed by atoms with E-state index in [1.807, 2.05) is 0 Å². The molecule has 0 aliphatic heterocycles. The normalized spacial score (nSPS) is 10.7. The SMILES string of the molecule is CCOc1cc(C=NNc2ccc(Cl)c(Cl)c2)cc([N+](=O)[O-])c1OC. The number of hydrogen-bond acceptors (Lipinski definition) is 6. The number of nitro groups is 1. The number of hydrogen-bond donors (Lipinski definition) is 1. The van der Waals surface area contributed by atoms with Crippen LogP contribution < -0.4 is 14.9 Å². The summed E-state index contributed by atoms with van der Waals surface area (Å²) in [7, 11) is 1.35. The summed E-state index contributed by atoms with van der Waals surface area (Å²) in [5.41, 5.74) is 3.67. The summed E-state index contributed by atoms with van der Waals surface area (Å²) >= 11 is 11.8. The summed E-state index contributed by atoms with van der Waals surface area (Å²) < 4.78 is 10.5. The molecule has 0 fully saturated rings. The topological polar surface area (TPSA) is 86.0 Å². The lowest BCUT2D eigenvalue weighted by Crippen LogP contribution is -2.01. The highest BCUT2D eigenvalue weighted by atomic mass is 35.5. The van der Waals surface area contributed by atoms with E-state index >= 15 is 0 Å². The predicted molar refractivity (Wildman–Crippen MR) is 98.5 cm³/mol. The van der Waals surface area contributed by atoms with Gasteiger partial charge in [0.2, 0.25) is 5.75 Å². The minimum absolute atomic E-state index is 0.0708. The van der Waals surface area contributed by atoms with Crippen molar-refractivity contribution in [3.05, 3.63) is 56.1 Å². The fourth-order valence-corrected chi connectivity index (χ4v) is 2.33. The molecule has 0 spiro atoms. The molecule has 1 N–H and O–H groups in total. The van der Waals surface area contributed by atoms with Crippen LogP contribution in [0.5, 0.6) is 11.5 Å². The van der Waals surface area contributed by atoms with Gasteiger partial charge in [0, 0.05) is 11.6 Å². The van der Waals surface area contributed by atoms with E-state index in [2.05, 4.69) is 10.5 Å². The summed E-state index contributed by atoms with van der Waals surface area (Å²) in [6.07, 6.45) is 1.43. The van der Waals surface area contributed by atoms with Crippen LogP contribution in [0.3, 0.4) is 0 Å². The van der Waals surface area contributed by atoms with Crippen LogP contribution >= 0.6 is 23.2 Å². The monoisotopic (exact) mass is 383 g/mol. The summed E-state index contributed by atoms with van der Waals surface area (Å²) in [5, 5.41) is 16.1. The molecule has 0 aliphatic rings. The molecular weight excluding hydrogens is 369 g/mol. The van der Waals surface area contributed by atoms with E-state index in [-0.39, 0.29) is 17.2 Å². The van der Waals surface area contributed by atoms with Crippen LogP contribution in [0.15, 0.2) is 35.4 Å². The first-order valence-electron chi connectivity index (χ1n) is 7.19. The van der Waals surface area contributed by atoms with E-state index in [4.69, 9.17) is 32.7 Å². The van der Waals surface area contributed by atoms with Crippen LogP contribution in [0.25, 0.3) is 0 Å². The Hall–Kier alpha value is -2.51. The Labute approximate surface area is 154 Å². The minimum atomic E-state index is -0.537. The lowest BCUT2D eigenvalue weighted by molar-refractivity contribution is -0.385. The largest absolute Gasteiger partial charge is 0.490 e. The first-order chi connectivity index (χ1) is 12.0.